The Morgan fingerprint density at radius 3 is 2.57 bits per heavy atom. The number of oxazole rings is 1. The molecule has 0 saturated heterocycles. The molecule has 0 saturated carbocycles. The summed E-state index contributed by atoms with van der Waals surface area (Å²) in [5.41, 5.74) is 2.42. The Balaban J connectivity index is 1.49. The summed E-state index contributed by atoms with van der Waals surface area (Å²) in [4.78, 5) is 16.8. The van der Waals surface area contributed by atoms with Crippen LogP contribution in [-0.4, -0.2) is 17.0 Å². The average Bonchev–Trinajstić information content (AvgIpc) is 3.12. The van der Waals surface area contributed by atoms with Crippen molar-refractivity contribution in [2.45, 2.75) is 13.0 Å². The summed E-state index contributed by atoms with van der Waals surface area (Å²) in [6.45, 7) is 1.68. The number of hydrogen-bond donors (Lipinski definition) is 1. The number of amides is 1. The van der Waals surface area contributed by atoms with E-state index < -0.39 is 6.10 Å². The van der Waals surface area contributed by atoms with Crippen molar-refractivity contribution in [2.75, 3.05) is 5.32 Å². The number of hydrogen-bond acceptors (Lipinski definition) is 4. The number of carbonyl (C=O) groups excluding carboxylic acids is 1. The Morgan fingerprint density at radius 1 is 1.07 bits per heavy atom. The number of fused-ring (bicyclic) bond motifs is 1. The Hall–Kier alpha value is -3.67. The van der Waals surface area contributed by atoms with Crippen LogP contribution in [0, 0.1) is 5.82 Å². The molecule has 1 heterocycles. The van der Waals surface area contributed by atoms with Gasteiger partial charge in [-0.3, -0.25) is 4.79 Å². The van der Waals surface area contributed by atoms with Crippen molar-refractivity contribution in [3.05, 3.63) is 78.6 Å². The van der Waals surface area contributed by atoms with Crippen molar-refractivity contribution in [3.8, 4) is 17.2 Å². The molecule has 4 aromatic rings. The molecule has 1 aromatic heterocycles. The maximum atomic E-state index is 13.1. The van der Waals surface area contributed by atoms with E-state index in [1.54, 1.807) is 49.4 Å². The highest BCUT2D eigenvalue weighted by atomic mass is 19.1. The topological polar surface area (TPSA) is 64.4 Å². The first kappa shape index (κ1) is 17.7. The fourth-order valence-corrected chi connectivity index (χ4v) is 2.72. The minimum Gasteiger partial charge on any atom is -0.481 e. The summed E-state index contributed by atoms with van der Waals surface area (Å²) >= 11 is 0. The van der Waals surface area contributed by atoms with E-state index >= 15 is 0 Å². The number of nitrogens with one attached hydrogen (secondary N) is 1. The normalized spacial score (nSPS) is 11.9. The molecule has 0 aliphatic carbocycles. The first-order chi connectivity index (χ1) is 13.6. The van der Waals surface area contributed by atoms with Crippen LogP contribution in [0.1, 0.15) is 6.92 Å². The number of nitrogens with zero attached hydrogens (tertiary/aromatic N) is 1. The average molecular weight is 376 g/mol. The van der Waals surface area contributed by atoms with Gasteiger partial charge in [-0.2, -0.15) is 0 Å². The SMILES string of the molecule is CC(Oc1ccccc1)C(=O)Nc1ccc2oc(-c3ccc(F)cc3)nc2c1. The van der Waals surface area contributed by atoms with Crippen molar-refractivity contribution in [1.82, 2.24) is 4.98 Å². The van der Waals surface area contributed by atoms with Gasteiger partial charge in [0.15, 0.2) is 11.7 Å². The van der Waals surface area contributed by atoms with E-state index in [1.807, 2.05) is 18.2 Å². The van der Waals surface area contributed by atoms with E-state index in [1.165, 1.54) is 12.1 Å². The van der Waals surface area contributed by atoms with Crippen LogP contribution in [0.25, 0.3) is 22.6 Å². The van der Waals surface area contributed by atoms with Gasteiger partial charge in [0.25, 0.3) is 5.91 Å². The number of anilines is 1. The van der Waals surface area contributed by atoms with Crippen LogP contribution in [0.5, 0.6) is 5.75 Å². The first-order valence-electron chi connectivity index (χ1n) is 8.77. The number of rotatable bonds is 5. The maximum absolute atomic E-state index is 13.1. The molecule has 0 radical (unpaired) electrons. The lowest BCUT2D eigenvalue weighted by Crippen LogP contribution is -2.30. The molecule has 140 valence electrons. The van der Waals surface area contributed by atoms with Crippen molar-refractivity contribution in [3.63, 3.8) is 0 Å². The molecule has 1 N–H and O–H groups in total. The smallest absolute Gasteiger partial charge is 0.265 e. The molecule has 5 nitrogen and oxygen atoms in total. The molecule has 0 aliphatic heterocycles. The molecule has 3 aromatic carbocycles. The van der Waals surface area contributed by atoms with Crippen LogP contribution in [-0.2, 0) is 4.79 Å². The molecule has 1 unspecified atom stereocenters. The minimum absolute atomic E-state index is 0.273. The second kappa shape index (κ2) is 7.52. The van der Waals surface area contributed by atoms with Crippen LogP contribution >= 0.6 is 0 Å². The van der Waals surface area contributed by atoms with Gasteiger partial charge in [0.05, 0.1) is 0 Å². The van der Waals surface area contributed by atoms with Crippen molar-refractivity contribution in [1.29, 1.82) is 0 Å². The minimum atomic E-state index is -0.662. The molecule has 6 heteroatoms. The second-order valence-corrected chi connectivity index (χ2v) is 6.27. The lowest BCUT2D eigenvalue weighted by molar-refractivity contribution is -0.122. The van der Waals surface area contributed by atoms with E-state index in [9.17, 15) is 9.18 Å². The quantitative estimate of drug-likeness (QED) is 0.530. The third-order valence-corrected chi connectivity index (χ3v) is 4.17. The number of aromatic nitrogens is 1. The predicted octanol–water partition coefficient (Wildman–Crippen LogP) is 5.04. The highest BCUT2D eigenvalue weighted by molar-refractivity contribution is 5.95. The molecule has 1 amide bonds. The molecular formula is C22H17FN2O3. The van der Waals surface area contributed by atoms with Gasteiger partial charge in [-0.25, -0.2) is 9.37 Å². The van der Waals surface area contributed by atoms with E-state index in [0.29, 0.717) is 34.0 Å². The largest absolute Gasteiger partial charge is 0.481 e. The van der Waals surface area contributed by atoms with Crippen molar-refractivity contribution in [2.24, 2.45) is 0 Å². The molecule has 0 bridgehead atoms. The zero-order valence-corrected chi connectivity index (χ0v) is 15.1. The number of ether oxygens (including phenoxy) is 1. The molecule has 28 heavy (non-hydrogen) atoms. The summed E-state index contributed by atoms with van der Waals surface area (Å²) in [6.07, 6.45) is -0.662. The Morgan fingerprint density at radius 2 is 1.82 bits per heavy atom. The van der Waals surface area contributed by atoms with E-state index in [-0.39, 0.29) is 11.7 Å². The van der Waals surface area contributed by atoms with Gasteiger partial charge in [0, 0.05) is 11.3 Å². The number of para-hydroxylation sites is 1. The molecule has 0 aliphatic rings. The number of benzene rings is 3. The van der Waals surface area contributed by atoms with Crippen molar-refractivity contribution < 1.29 is 18.3 Å². The van der Waals surface area contributed by atoms with Gasteiger partial charge >= 0.3 is 0 Å². The Bertz CT molecular complexity index is 1110. The highest BCUT2D eigenvalue weighted by Crippen LogP contribution is 2.26. The summed E-state index contributed by atoms with van der Waals surface area (Å²) < 4.78 is 24.4. The van der Waals surface area contributed by atoms with Crippen LogP contribution < -0.4 is 10.1 Å². The number of halogens is 1. The third-order valence-electron chi connectivity index (χ3n) is 4.17. The van der Waals surface area contributed by atoms with Crippen LogP contribution in [0.15, 0.2) is 77.2 Å². The highest BCUT2D eigenvalue weighted by Gasteiger charge is 2.16. The molecule has 0 spiro atoms. The summed E-state index contributed by atoms with van der Waals surface area (Å²) in [5, 5.41) is 2.82. The van der Waals surface area contributed by atoms with E-state index in [4.69, 9.17) is 9.15 Å². The summed E-state index contributed by atoms with van der Waals surface area (Å²) in [6, 6.07) is 20.2. The van der Waals surface area contributed by atoms with Gasteiger partial charge in [0.2, 0.25) is 5.89 Å². The monoisotopic (exact) mass is 376 g/mol. The van der Waals surface area contributed by atoms with Crippen LogP contribution in [0.2, 0.25) is 0 Å². The van der Waals surface area contributed by atoms with Gasteiger partial charge in [-0.1, -0.05) is 18.2 Å². The van der Waals surface area contributed by atoms with Crippen molar-refractivity contribution >= 4 is 22.7 Å². The lowest BCUT2D eigenvalue weighted by Gasteiger charge is -2.14. The summed E-state index contributed by atoms with van der Waals surface area (Å²) in [5.74, 6) is 0.419. The standard InChI is InChI=1S/C22H17FN2O3/c1-14(27-18-5-3-2-4-6-18)21(26)24-17-11-12-20-19(13-17)25-22(28-20)15-7-9-16(23)10-8-15/h2-14H,1H3,(H,24,26). The zero-order chi connectivity index (χ0) is 19.5. The van der Waals surface area contributed by atoms with Gasteiger partial charge < -0.3 is 14.5 Å². The Kier molecular flexibility index (Phi) is 4.76. The fraction of sp³-hybridized carbons (Fsp3) is 0.0909. The molecule has 1 atom stereocenters. The lowest BCUT2D eigenvalue weighted by atomic mass is 10.2. The molecule has 4 rings (SSSR count). The van der Waals surface area contributed by atoms with E-state index in [2.05, 4.69) is 10.3 Å². The van der Waals surface area contributed by atoms with Gasteiger partial charge in [-0.05, 0) is 61.5 Å². The summed E-state index contributed by atoms with van der Waals surface area (Å²) in [7, 11) is 0. The van der Waals surface area contributed by atoms with Crippen LogP contribution in [0.3, 0.4) is 0 Å². The van der Waals surface area contributed by atoms with Gasteiger partial charge in [-0.15, -0.1) is 0 Å². The third kappa shape index (κ3) is 3.86. The second-order valence-electron chi connectivity index (χ2n) is 6.27. The maximum Gasteiger partial charge on any atom is 0.265 e. The van der Waals surface area contributed by atoms with Crippen LogP contribution in [0.4, 0.5) is 10.1 Å². The number of carbonyl (C=O) groups is 1. The zero-order valence-electron chi connectivity index (χ0n) is 15.1. The fourth-order valence-electron chi connectivity index (χ4n) is 2.72. The first-order valence-corrected chi connectivity index (χ1v) is 8.77. The molecule has 0 fully saturated rings. The van der Waals surface area contributed by atoms with Gasteiger partial charge in [0.1, 0.15) is 17.1 Å². The predicted molar refractivity (Wildman–Crippen MR) is 105 cm³/mol. The Labute approximate surface area is 160 Å². The molecular weight excluding hydrogens is 359 g/mol. The van der Waals surface area contributed by atoms with E-state index in [0.717, 1.165) is 0 Å².